The van der Waals surface area contributed by atoms with Crippen molar-refractivity contribution in [1.82, 2.24) is 0 Å². The second-order valence-electron chi connectivity index (χ2n) is 1.82. The molecule has 0 amide bonds. The normalized spacial score (nSPS) is 12.0. The summed E-state index contributed by atoms with van der Waals surface area (Å²) < 4.78 is 34.1. The molecule has 0 saturated heterocycles. The summed E-state index contributed by atoms with van der Waals surface area (Å²) in [6, 6.07) is 0.708. The summed E-state index contributed by atoms with van der Waals surface area (Å²) in [6.07, 6.45) is -4.27. The molecule has 0 N–H and O–H groups in total. The molecule has 4 heteroatoms. The van der Waals surface area contributed by atoms with Gasteiger partial charge in [0, 0.05) is 15.9 Å². The Balaban J connectivity index is 3.07. The summed E-state index contributed by atoms with van der Waals surface area (Å²) in [7, 11) is 0.644. The van der Waals surface area contributed by atoms with Gasteiger partial charge in [-0.3, -0.25) is 0 Å². The van der Waals surface area contributed by atoms with Crippen LogP contribution in [0.1, 0.15) is 12.8 Å². The Kier molecular flexibility index (Phi) is 3.93. The largest absolute Gasteiger partial charge is 0.389 e. The third-order valence-electron chi connectivity index (χ3n) is 0.887. The Hall–Kier alpha value is 0.00688. The van der Waals surface area contributed by atoms with Gasteiger partial charge in [0.25, 0.3) is 0 Å². The van der Waals surface area contributed by atoms with E-state index in [1.165, 1.54) is 0 Å². The van der Waals surface area contributed by atoms with E-state index in [1.54, 1.807) is 0 Å². The van der Waals surface area contributed by atoms with Crippen LogP contribution in [0.3, 0.4) is 0 Å². The van der Waals surface area contributed by atoms with Gasteiger partial charge >= 0.3 is 6.18 Å². The van der Waals surface area contributed by atoms with Crippen LogP contribution in [0.15, 0.2) is 0 Å². The van der Waals surface area contributed by atoms with Crippen LogP contribution in [-0.2, 0) is 0 Å². The number of hydrogen-bond acceptors (Lipinski definition) is 0. The molecule has 0 aliphatic rings. The fraction of sp³-hybridized carbons (Fsp3) is 1.00. The number of alkyl halides is 3. The second kappa shape index (κ2) is 3.93. The molecule has 0 nitrogen and oxygen atoms in total. The van der Waals surface area contributed by atoms with Crippen molar-refractivity contribution in [3.05, 3.63) is 0 Å². The fourth-order valence-corrected chi connectivity index (χ4v) is 0.996. The quantitative estimate of drug-likeness (QED) is 0.433. The van der Waals surface area contributed by atoms with E-state index >= 15 is 0 Å². The summed E-state index contributed by atoms with van der Waals surface area (Å²) in [5.41, 5.74) is 0. The van der Waals surface area contributed by atoms with Gasteiger partial charge in [-0.15, -0.1) is 0 Å². The molecular weight excluding hydrogens is 145 g/mol. The molecule has 0 rings (SSSR count). The monoisotopic (exact) mass is 154 g/mol. The van der Waals surface area contributed by atoms with Crippen molar-refractivity contribution >= 4 is 9.52 Å². The lowest BCUT2D eigenvalue weighted by Gasteiger charge is -2.03. The van der Waals surface area contributed by atoms with Gasteiger partial charge in [0.2, 0.25) is 0 Å². The van der Waals surface area contributed by atoms with Crippen LogP contribution in [0, 0.1) is 0 Å². The van der Waals surface area contributed by atoms with Gasteiger partial charge in [0.05, 0.1) is 0 Å². The molecule has 0 spiro atoms. The van der Waals surface area contributed by atoms with Crippen LogP contribution in [0.5, 0.6) is 0 Å². The van der Waals surface area contributed by atoms with Crippen molar-refractivity contribution in [1.29, 1.82) is 0 Å². The Morgan fingerprint density at radius 1 is 1.33 bits per heavy atom. The molecule has 0 bridgehead atoms. The SMILES string of the molecule is C[Si]CCCC(F)(F)F. The van der Waals surface area contributed by atoms with Crippen LogP contribution in [0.4, 0.5) is 13.2 Å². The topological polar surface area (TPSA) is 0 Å². The first-order valence-electron chi connectivity index (χ1n) is 2.77. The first-order chi connectivity index (χ1) is 4.06. The lowest BCUT2D eigenvalue weighted by molar-refractivity contribution is -0.134. The maximum atomic E-state index is 11.4. The highest BCUT2D eigenvalue weighted by molar-refractivity contribution is 6.33. The molecule has 0 aliphatic carbocycles. The predicted octanol–water partition coefficient (Wildman–Crippen LogP) is 2.50. The molecule has 9 heavy (non-hydrogen) atoms. The number of rotatable bonds is 3. The van der Waals surface area contributed by atoms with Crippen molar-refractivity contribution in [3.8, 4) is 0 Å². The summed E-state index contributed by atoms with van der Waals surface area (Å²) in [5, 5.41) is 0. The Morgan fingerprint density at radius 2 is 1.89 bits per heavy atom. The van der Waals surface area contributed by atoms with E-state index in [0.717, 1.165) is 0 Å². The van der Waals surface area contributed by atoms with E-state index in [9.17, 15) is 13.2 Å². The molecule has 0 fully saturated rings. The summed E-state index contributed by atoms with van der Waals surface area (Å²) in [6.45, 7) is 1.91. The zero-order valence-electron chi connectivity index (χ0n) is 5.26. The molecule has 0 saturated carbocycles. The van der Waals surface area contributed by atoms with Gasteiger partial charge in [-0.05, 0) is 6.42 Å². The fourth-order valence-electron chi connectivity index (χ4n) is 0.466. The molecule has 0 aromatic rings. The van der Waals surface area contributed by atoms with Gasteiger partial charge in [0.1, 0.15) is 0 Å². The van der Waals surface area contributed by atoms with Crippen molar-refractivity contribution in [3.63, 3.8) is 0 Å². The van der Waals surface area contributed by atoms with Gasteiger partial charge in [-0.25, -0.2) is 0 Å². The molecule has 0 aromatic carbocycles. The minimum Gasteiger partial charge on any atom is -0.171 e. The molecule has 0 heterocycles. The maximum absolute atomic E-state index is 11.4. The molecular formula is C5H9F3Si. The Morgan fingerprint density at radius 3 is 2.22 bits per heavy atom. The van der Waals surface area contributed by atoms with E-state index in [2.05, 4.69) is 0 Å². The number of hydrogen-bond donors (Lipinski definition) is 0. The van der Waals surface area contributed by atoms with Gasteiger partial charge in [0.15, 0.2) is 0 Å². The summed E-state index contributed by atoms with van der Waals surface area (Å²) in [5.74, 6) is 0. The minimum atomic E-state index is -3.94. The van der Waals surface area contributed by atoms with Crippen LogP contribution in [0.25, 0.3) is 0 Å². The maximum Gasteiger partial charge on any atom is 0.389 e. The van der Waals surface area contributed by atoms with Gasteiger partial charge in [-0.2, -0.15) is 13.2 Å². The van der Waals surface area contributed by atoms with E-state index in [4.69, 9.17) is 0 Å². The molecule has 0 aromatic heterocycles. The second-order valence-corrected chi connectivity index (χ2v) is 3.03. The average molecular weight is 154 g/mol. The third-order valence-corrected chi connectivity index (χ3v) is 1.74. The molecule has 0 aliphatic heterocycles. The van der Waals surface area contributed by atoms with E-state index < -0.39 is 12.6 Å². The highest BCUT2D eigenvalue weighted by Gasteiger charge is 2.25. The first-order valence-corrected chi connectivity index (χ1v) is 4.48. The van der Waals surface area contributed by atoms with Crippen molar-refractivity contribution in [2.45, 2.75) is 31.6 Å². The van der Waals surface area contributed by atoms with E-state index in [0.29, 0.717) is 22.0 Å². The van der Waals surface area contributed by atoms with Crippen molar-refractivity contribution < 1.29 is 13.2 Å². The summed E-state index contributed by atoms with van der Waals surface area (Å²) >= 11 is 0. The standard InChI is InChI=1S/C5H9F3Si/c1-9-4-2-3-5(6,7)8/h2-4H2,1H3. The van der Waals surface area contributed by atoms with E-state index in [-0.39, 0.29) is 0 Å². The van der Waals surface area contributed by atoms with Crippen LogP contribution >= 0.6 is 0 Å². The van der Waals surface area contributed by atoms with Crippen molar-refractivity contribution in [2.75, 3.05) is 0 Å². The molecule has 54 valence electrons. The highest BCUT2D eigenvalue weighted by atomic mass is 28.2. The highest BCUT2D eigenvalue weighted by Crippen LogP contribution is 2.21. The Bertz CT molecular complexity index is 69.1. The van der Waals surface area contributed by atoms with Crippen molar-refractivity contribution in [2.24, 2.45) is 0 Å². The average Bonchev–Trinajstić information content (AvgIpc) is 1.63. The lowest BCUT2D eigenvalue weighted by atomic mass is 10.3. The van der Waals surface area contributed by atoms with Crippen LogP contribution < -0.4 is 0 Å². The van der Waals surface area contributed by atoms with Crippen LogP contribution in [0.2, 0.25) is 12.6 Å². The van der Waals surface area contributed by atoms with Gasteiger partial charge in [-0.1, -0.05) is 12.6 Å². The zero-order chi connectivity index (χ0) is 7.33. The molecule has 0 atom stereocenters. The predicted molar refractivity (Wildman–Crippen MR) is 31.7 cm³/mol. The zero-order valence-corrected chi connectivity index (χ0v) is 6.26. The van der Waals surface area contributed by atoms with Gasteiger partial charge < -0.3 is 0 Å². The summed E-state index contributed by atoms with van der Waals surface area (Å²) in [4.78, 5) is 0. The molecule has 2 radical (unpaired) electrons. The number of halogens is 3. The van der Waals surface area contributed by atoms with Crippen LogP contribution in [-0.4, -0.2) is 15.7 Å². The smallest absolute Gasteiger partial charge is 0.171 e. The Labute approximate surface area is 55.3 Å². The van der Waals surface area contributed by atoms with E-state index in [1.807, 2.05) is 6.55 Å². The molecule has 0 unspecified atom stereocenters. The minimum absolute atomic E-state index is 0.290. The first kappa shape index (κ1) is 9.01. The lowest BCUT2D eigenvalue weighted by Crippen LogP contribution is -2.06. The third kappa shape index (κ3) is 8.01.